The molecule has 0 aliphatic heterocycles. The largest absolute Gasteiger partial charge is 0.355 e. The summed E-state index contributed by atoms with van der Waals surface area (Å²) in [4.78, 5) is 15.6. The van der Waals surface area contributed by atoms with Gasteiger partial charge in [0.1, 0.15) is 4.90 Å². The molecule has 1 unspecified atom stereocenters. The fourth-order valence-electron chi connectivity index (χ4n) is 1.57. The molecule has 0 saturated carbocycles. The topological polar surface area (TPSA) is 114 Å². The van der Waals surface area contributed by atoms with E-state index in [1.807, 2.05) is 6.92 Å². The molecule has 0 fully saturated rings. The highest BCUT2D eigenvalue weighted by Gasteiger charge is 2.24. The van der Waals surface area contributed by atoms with Crippen molar-refractivity contribution in [3.63, 3.8) is 0 Å². The summed E-state index contributed by atoms with van der Waals surface area (Å²) in [5.74, 6) is -0.367. The molecule has 0 aliphatic rings. The number of rotatable bonds is 7. The first-order valence-electron chi connectivity index (χ1n) is 6.36. The zero-order valence-electron chi connectivity index (χ0n) is 11.6. The third-order valence-corrected chi connectivity index (χ3v) is 4.22. The van der Waals surface area contributed by atoms with Gasteiger partial charge in [-0.2, -0.15) is 4.72 Å². The normalized spacial score (nSPS) is 12.9. The Kier molecular flexibility index (Phi) is 6.05. The van der Waals surface area contributed by atoms with Gasteiger partial charge in [0, 0.05) is 19.3 Å². The highest BCUT2D eigenvalue weighted by molar-refractivity contribution is 7.89. The highest BCUT2D eigenvalue weighted by atomic mass is 32.2. The first kappa shape index (κ1) is 16.5. The van der Waals surface area contributed by atoms with Crippen molar-refractivity contribution in [2.45, 2.75) is 37.8 Å². The molecule has 1 aromatic rings. The molecule has 8 heteroatoms. The van der Waals surface area contributed by atoms with Crippen LogP contribution in [0.25, 0.3) is 0 Å². The summed E-state index contributed by atoms with van der Waals surface area (Å²) in [6.07, 6.45) is 2.25. The summed E-state index contributed by atoms with van der Waals surface area (Å²) >= 11 is 0. The zero-order valence-corrected chi connectivity index (χ0v) is 12.4. The SMILES string of the molecule is CCCNC(=O)C(C)NS(=O)(=O)c1cccnc1CN. The van der Waals surface area contributed by atoms with Crippen LogP contribution in [0.1, 0.15) is 26.0 Å². The van der Waals surface area contributed by atoms with Crippen LogP contribution in [-0.2, 0) is 21.4 Å². The minimum atomic E-state index is -3.83. The summed E-state index contributed by atoms with van der Waals surface area (Å²) in [6.45, 7) is 3.92. The molecular weight excluding hydrogens is 280 g/mol. The van der Waals surface area contributed by atoms with Gasteiger partial charge in [0.15, 0.2) is 0 Å². The molecule has 1 rings (SSSR count). The summed E-state index contributed by atoms with van der Waals surface area (Å²) < 4.78 is 26.7. The van der Waals surface area contributed by atoms with E-state index in [4.69, 9.17) is 5.73 Å². The Morgan fingerprint density at radius 1 is 1.50 bits per heavy atom. The van der Waals surface area contributed by atoms with E-state index >= 15 is 0 Å². The molecule has 4 N–H and O–H groups in total. The summed E-state index contributed by atoms with van der Waals surface area (Å²) in [5, 5.41) is 2.63. The molecule has 1 heterocycles. The van der Waals surface area contributed by atoms with Crippen molar-refractivity contribution in [1.82, 2.24) is 15.0 Å². The van der Waals surface area contributed by atoms with E-state index in [1.54, 1.807) is 0 Å². The van der Waals surface area contributed by atoms with Crippen molar-refractivity contribution in [3.05, 3.63) is 24.0 Å². The van der Waals surface area contributed by atoms with Crippen LogP contribution in [0, 0.1) is 0 Å². The Labute approximate surface area is 119 Å². The second-order valence-corrected chi connectivity index (χ2v) is 5.97. The van der Waals surface area contributed by atoms with Crippen molar-refractivity contribution in [2.75, 3.05) is 6.54 Å². The number of nitrogens with zero attached hydrogens (tertiary/aromatic N) is 1. The minimum absolute atomic E-state index is 0.00218. The van der Waals surface area contributed by atoms with Gasteiger partial charge in [0.2, 0.25) is 15.9 Å². The number of pyridine rings is 1. The Bertz CT molecular complexity index is 560. The van der Waals surface area contributed by atoms with E-state index in [1.165, 1.54) is 25.3 Å². The molecule has 112 valence electrons. The van der Waals surface area contributed by atoms with Gasteiger partial charge < -0.3 is 11.1 Å². The van der Waals surface area contributed by atoms with E-state index in [0.717, 1.165) is 6.42 Å². The van der Waals surface area contributed by atoms with Gasteiger partial charge in [0.05, 0.1) is 11.7 Å². The fraction of sp³-hybridized carbons (Fsp3) is 0.500. The average molecular weight is 300 g/mol. The van der Waals surface area contributed by atoms with Gasteiger partial charge in [-0.1, -0.05) is 6.92 Å². The number of aromatic nitrogens is 1. The molecule has 1 atom stereocenters. The van der Waals surface area contributed by atoms with Gasteiger partial charge in [-0.25, -0.2) is 8.42 Å². The van der Waals surface area contributed by atoms with Crippen molar-refractivity contribution in [2.24, 2.45) is 5.73 Å². The zero-order chi connectivity index (χ0) is 15.2. The first-order chi connectivity index (χ1) is 9.42. The van der Waals surface area contributed by atoms with Crippen molar-refractivity contribution in [1.29, 1.82) is 0 Å². The lowest BCUT2D eigenvalue weighted by Crippen LogP contribution is -2.45. The lowest BCUT2D eigenvalue weighted by atomic mass is 10.3. The molecule has 0 bridgehead atoms. The standard InChI is InChI=1S/C12H20N4O3S/c1-3-6-15-12(17)9(2)16-20(18,19)11-5-4-7-14-10(11)8-13/h4-5,7,9,16H,3,6,8,13H2,1-2H3,(H,15,17). The Balaban J connectivity index is 2.87. The Morgan fingerprint density at radius 3 is 2.80 bits per heavy atom. The molecule has 1 amide bonds. The van der Waals surface area contributed by atoms with Crippen LogP contribution in [0.2, 0.25) is 0 Å². The van der Waals surface area contributed by atoms with Crippen LogP contribution in [0.3, 0.4) is 0 Å². The van der Waals surface area contributed by atoms with E-state index in [-0.39, 0.29) is 23.0 Å². The number of amides is 1. The van der Waals surface area contributed by atoms with Crippen LogP contribution in [0.4, 0.5) is 0 Å². The lowest BCUT2D eigenvalue weighted by Gasteiger charge is -2.15. The minimum Gasteiger partial charge on any atom is -0.355 e. The molecule has 0 spiro atoms. The van der Waals surface area contributed by atoms with Crippen LogP contribution >= 0.6 is 0 Å². The van der Waals surface area contributed by atoms with Crippen LogP contribution in [0.5, 0.6) is 0 Å². The summed E-state index contributed by atoms with van der Waals surface area (Å²) in [7, 11) is -3.83. The summed E-state index contributed by atoms with van der Waals surface area (Å²) in [5.41, 5.74) is 5.73. The molecule has 7 nitrogen and oxygen atoms in total. The Hall–Kier alpha value is -1.51. The van der Waals surface area contributed by atoms with Crippen molar-refractivity contribution >= 4 is 15.9 Å². The molecular formula is C12H20N4O3S. The smallest absolute Gasteiger partial charge is 0.243 e. The third kappa shape index (κ3) is 4.26. The van der Waals surface area contributed by atoms with E-state index in [0.29, 0.717) is 6.54 Å². The number of hydrogen-bond acceptors (Lipinski definition) is 5. The molecule has 0 radical (unpaired) electrons. The van der Waals surface area contributed by atoms with Gasteiger partial charge in [0.25, 0.3) is 0 Å². The molecule has 0 aromatic carbocycles. The maximum absolute atomic E-state index is 12.2. The second kappa shape index (κ2) is 7.32. The number of carbonyl (C=O) groups excluding carboxylic acids is 1. The number of hydrogen-bond donors (Lipinski definition) is 3. The van der Waals surface area contributed by atoms with Crippen molar-refractivity contribution < 1.29 is 13.2 Å². The number of nitrogens with one attached hydrogen (secondary N) is 2. The van der Waals surface area contributed by atoms with Gasteiger partial charge in [-0.15, -0.1) is 0 Å². The molecule has 0 saturated heterocycles. The van der Waals surface area contributed by atoms with Gasteiger partial charge >= 0.3 is 0 Å². The van der Waals surface area contributed by atoms with E-state index in [9.17, 15) is 13.2 Å². The highest BCUT2D eigenvalue weighted by Crippen LogP contribution is 2.12. The predicted molar refractivity (Wildman–Crippen MR) is 75.2 cm³/mol. The Morgan fingerprint density at radius 2 is 2.20 bits per heavy atom. The number of nitrogens with two attached hydrogens (primary N) is 1. The number of sulfonamides is 1. The quantitative estimate of drug-likeness (QED) is 0.641. The average Bonchev–Trinajstić information content (AvgIpc) is 2.44. The first-order valence-corrected chi connectivity index (χ1v) is 7.84. The molecule has 0 aliphatic carbocycles. The van der Waals surface area contributed by atoms with Crippen LogP contribution in [-0.4, -0.2) is 31.9 Å². The lowest BCUT2D eigenvalue weighted by molar-refractivity contribution is -0.122. The monoisotopic (exact) mass is 300 g/mol. The summed E-state index contributed by atoms with van der Waals surface area (Å²) in [6, 6.07) is 2.06. The van der Waals surface area contributed by atoms with E-state index < -0.39 is 16.1 Å². The van der Waals surface area contributed by atoms with Crippen molar-refractivity contribution in [3.8, 4) is 0 Å². The van der Waals surface area contributed by atoms with Crippen LogP contribution in [0.15, 0.2) is 23.2 Å². The third-order valence-electron chi connectivity index (χ3n) is 2.61. The molecule has 20 heavy (non-hydrogen) atoms. The van der Waals surface area contributed by atoms with Crippen LogP contribution < -0.4 is 15.8 Å². The second-order valence-electron chi connectivity index (χ2n) is 4.29. The van der Waals surface area contributed by atoms with E-state index in [2.05, 4.69) is 15.0 Å². The van der Waals surface area contributed by atoms with Gasteiger partial charge in [-0.05, 0) is 25.5 Å². The maximum atomic E-state index is 12.2. The fourth-order valence-corrected chi connectivity index (χ4v) is 2.98. The predicted octanol–water partition coefficient (Wildman–Crippen LogP) is -0.267. The molecule has 1 aromatic heterocycles. The number of carbonyl (C=O) groups is 1. The van der Waals surface area contributed by atoms with Gasteiger partial charge in [-0.3, -0.25) is 9.78 Å². The maximum Gasteiger partial charge on any atom is 0.243 e.